The van der Waals surface area contributed by atoms with E-state index in [9.17, 15) is 19.7 Å². The normalized spacial score (nSPS) is 9.71. The molecule has 7 nitrogen and oxygen atoms in total. The fourth-order valence-electron chi connectivity index (χ4n) is 1.04. The van der Waals surface area contributed by atoms with Gasteiger partial charge in [0.15, 0.2) is 6.61 Å². The van der Waals surface area contributed by atoms with Crippen LogP contribution in [0.15, 0.2) is 18.2 Å². The van der Waals surface area contributed by atoms with Gasteiger partial charge in [-0.25, -0.2) is 4.79 Å². The molecule has 1 rings (SSSR count). The molecule has 0 aliphatic heterocycles. The second kappa shape index (κ2) is 5.26. The first-order valence-corrected chi connectivity index (χ1v) is 4.69. The van der Waals surface area contributed by atoms with E-state index in [1.54, 1.807) is 0 Å². The molecule has 0 saturated carbocycles. The van der Waals surface area contributed by atoms with Crippen LogP contribution in [0.2, 0.25) is 5.02 Å². The summed E-state index contributed by atoms with van der Waals surface area (Å²) in [6.07, 6.45) is 0. The Labute approximate surface area is 100 Å². The molecule has 1 amide bonds. The number of primary amides is 1. The fraction of sp³-hybridized carbons (Fsp3) is 0.111. The molecule has 0 spiro atoms. The lowest BCUT2D eigenvalue weighted by molar-refractivity contribution is -0.385. The van der Waals surface area contributed by atoms with Gasteiger partial charge in [0.05, 0.1) is 4.92 Å². The summed E-state index contributed by atoms with van der Waals surface area (Å²) in [7, 11) is 0. The van der Waals surface area contributed by atoms with Gasteiger partial charge in [0.1, 0.15) is 5.56 Å². The molecular weight excluding hydrogens is 252 g/mol. The number of amides is 1. The van der Waals surface area contributed by atoms with Crippen LogP contribution in [0.25, 0.3) is 0 Å². The summed E-state index contributed by atoms with van der Waals surface area (Å²) in [6.45, 7) is -0.640. The monoisotopic (exact) mass is 258 g/mol. The molecule has 0 unspecified atom stereocenters. The summed E-state index contributed by atoms with van der Waals surface area (Å²) in [5.74, 6) is -1.86. The highest BCUT2D eigenvalue weighted by atomic mass is 35.5. The SMILES string of the molecule is NC(=O)COC(=O)c1ccc(Cl)cc1[N+](=O)[O-]. The van der Waals surface area contributed by atoms with E-state index in [2.05, 4.69) is 4.74 Å². The molecule has 0 radical (unpaired) electrons. The Kier molecular flexibility index (Phi) is 4.00. The molecule has 1 aromatic rings. The minimum absolute atomic E-state index is 0.114. The molecule has 8 heteroatoms. The zero-order chi connectivity index (χ0) is 13.0. The van der Waals surface area contributed by atoms with Crippen LogP contribution in [0.4, 0.5) is 5.69 Å². The predicted molar refractivity (Wildman–Crippen MR) is 57.6 cm³/mol. The van der Waals surface area contributed by atoms with Crippen molar-refractivity contribution in [3.05, 3.63) is 38.9 Å². The van der Waals surface area contributed by atoms with Crippen molar-refractivity contribution in [3.8, 4) is 0 Å². The predicted octanol–water partition coefficient (Wildman–Crippen LogP) is 0.890. The van der Waals surface area contributed by atoms with E-state index in [0.717, 1.165) is 12.1 Å². The van der Waals surface area contributed by atoms with Gasteiger partial charge in [-0.1, -0.05) is 11.6 Å². The summed E-state index contributed by atoms with van der Waals surface area (Å²) < 4.78 is 4.46. The average Bonchev–Trinajstić information content (AvgIpc) is 2.25. The minimum atomic E-state index is -1.01. The lowest BCUT2D eigenvalue weighted by Crippen LogP contribution is -2.21. The van der Waals surface area contributed by atoms with Crippen molar-refractivity contribution in [2.75, 3.05) is 6.61 Å². The molecule has 0 atom stereocenters. The second-order valence-electron chi connectivity index (χ2n) is 2.96. The first-order valence-electron chi connectivity index (χ1n) is 4.31. The average molecular weight is 259 g/mol. The molecule has 0 aliphatic rings. The van der Waals surface area contributed by atoms with E-state index in [1.165, 1.54) is 6.07 Å². The molecular formula is C9H7ClN2O5. The van der Waals surface area contributed by atoms with E-state index in [-0.39, 0.29) is 10.6 Å². The maximum atomic E-state index is 11.4. The number of halogens is 1. The Hall–Kier alpha value is -2.15. The van der Waals surface area contributed by atoms with Crippen molar-refractivity contribution in [1.29, 1.82) is 0 Å². The number of carbonyl (C=O) groups excluding carboxylic acids is 2. The lowest BCUT2D eigenvalue weighted by Gasteiger charge is -2.03. The summed E-state index contributed by atoms with van der Waals surface area (Å²) in [5, 5.41) is 10.8. The van der Waals surface area contributed by atoms with Gasteiger partial charge in [0.2, 0.25) is 0 Å². The number of nitrogens with two attached hydrogens (primary N) is 1. The third kappa shape index (κ3) is 3.42. The van der Waals surface area contributed by atoms with Gasteiger partial charge in [-0.15, -0.1) is 0 Å². The Balaban J connectivity index is 3.00. The fourth-order valence-corrected chi connectivity index (χ4v) is 1.21. The molecule has 0 fully saturated rings. The molecule has 0 bridgehead atoms. The highest BCUT2D eigenvalue weighted by Crippen LogP contribution is 2.23. The molecule has 0 aliphatic carbocycles. The van der Waals surface area contributed by atoms with Gasteiger partial charge in [0, 0.05) is 11.1 Å². The molecule has 0 heterocycles. The summed E-state index contributed by atoms with van der Waals surface area (Å²) >= 11 is 5.56. The van der Waals surface area contributed by atoms with E-state index in [4.69, 9.17) is 17.3 Å². The molecule has 90 valence electrons. The minimum Gasteiger partial charge on any atom is -0.452 e. The van der Waals surface area contributed by atoms with Gasteiger partial charge in [0.25, 0.3) is 11.6 Å². The van der Waals surface area contributed by atoms with Crippen molar-refractivity contribution >= 4 is 29.2 Å². The van der Waals surface area contributed by atoms with Crippen LogP contribution in [-0.4, -0.2) is 23.4 Å². The van der Waals surface area contributed by atoms with Crippen LogP contribution in [0, 0.1) is 10.1 Å². The van der Waals surface area contributed by atoms with Crippen LogP contribution in [0.1, 0.15) is 10.4 Å². The maximum absolute atomic E-state index is 11.4. The standard InChI is InChI=1S/C9H7ClN2O5/c10-5-1-2-6(7(3-5)12(15)16)9(14)17-4-8(11)13/h1-3H,4H2,(H2,11,13). The van der Waals surface area contributed by atoms with E-state index in [1.807, 2.05) is 0 Å². The molecule has 0 saturated heterocycles. The highest BCUT2D eigenvalue weighted by molar-refractivity contribution is 6.31. The third-order valence-electron chi connectivity index (χ3n) is 1.72. The lowest BCUT2D eigenvalue weighted by atomic mass is 10.2. The second-order valence-corrected chi connectivity index (χ2v) is 3.40. The van der Waals surface area contributed by atoms with Crippen LogP contribution in [0.5, 0.6) is 0 Å². The summed E-state index contributed by atoms with van der Waals surface area (Å²) in [4.78, 5) is 31.7. The Morgan fingerprint density at radius 3 is 2.65 bits per heavy atom. The highest BCUT2D eigenvalue weighted by Gasteiger charge is 2.22. The number of esters is 1. The van der Waals surface area contributed by atoms with Gasteiger partial charge in [-0.05, 0) is 12.1 Å². The largest absolute Gasteiger partial charge is 0.452 e. The van der Waals surface area contributed by atoms with E-state index in [0.29, 0.717) is 0 Å². The number of hydrogen-bond donors (Lipinski definition) is 1. The molecule has 17 heavy (non-hydrogen) atoms. The van der Waals surface area contributed by atoms with Crippen molar-refractivity contribution < 1.29 is 19.2 Å². The summed E-state index contributed by atoms with van der Waals surface area (Å²) in [5.41, 5.74) is 3.99. The van der Waals surface area contributed by atoms with Crippen LogP contribution in [0.3, 0.4) is 0 Å². The van der Waals surface area contributed by atoms with Gasteiger partial charge < -0.3 is 10.5 Å². The third-order valence-corrected chi connectivity index (χ3v) is 1.96. The molecule has 1 aromatic carbocycles. The van der Waals surface area contributed by atoms with E-state index >= 15 is 0 Å². The topological polar surface area (TPSA) is 113 Å². The van der Waals surface area contributed by atoms with Crippen molar-refractivity contribution in [2.24, 2.45) is 5.73 Å². The quantitative estimate of drug-likeness (QED) is 0.489. The van der Waals surface area contributed by atoms with Crippen LogP contribution in [-0.2, 0) is 9.53 Å². The van der Waals surface area contributed by atoms with Crippen molar-refractivity contribution in [2.45, 2.75) is 0 Å². The van der Waals surface area contributed by atoms with Gasteiger partial charge in [-0.3, -0.25) is 14.9 Å². The number of benzene rings is 1. The number of nitro groups is 1. The first-order chi connectivity index (χ1) is 7.91. The van der Waals surface area contributed by atoms with Crippen LogP contribution < -0.4 is 5.73 Å². The van der Waals surface area contributed by atoms with Crippen molar-refractivity contribution in [1.82, 2.24) is 0 Å². The van der Waals surface area contributed by atoms with Crippen molar-refractivity contribution in [3.63, 3.8) is 0 Å². The number of carbonyl (C=O) groups is 2. The van der Waals surface area contributed by atoms with Crippen LogP contribution >= 0.6 is 11.6 Å². The Bertz CT molecular complexity index is 488. The number of rotatable bonds is 4. The summed E-state index contributed by atoms with van der Waals surface area (Å²) in [6, 6.07) is 3.46. The molecule has 0 aromatic heterocycles. The van der Waals surface area contributed by atoms with Gasteiger partial charge in [-0.2, -0.15) is 0 Å². The van der Waals surface area contributed by atoms with Gasteiger partial charge >= 0.3 is 5.97 Å². The number of nitro benzene ring substituents is 1. The first kappa shape index (κ1) is 12.9. The smallest absolute Gasteiger partial charge is 0.345 e. The molecule has 2 N–H and O–H groups in total. The number of hydrogen-bond acceptors (Lipinski definition) is 5. The number of ether oxygens (including phenoxy) is 1. The zero-order valence-corrected chi connectivity index (χ0v) is 9.14. The van der Waals surface area contributed by atoms with E-state index < -0.39 is 29.1 Å². The number of nitrogens with zero attached hydrogens (tertiary/aromatic N) is 1. The maximum Gasteiger partial charge on any atom is 0.345 e. The Morgan fingerprint density at radius 1 is 1.47 bits per heavy atom. The zero-order valence-electron chi connectivity index (χ0n) is 8.38. The Morgan fingerprint density at radius 2 is 2.12 bits per heavy atom.